The average molecular weight is 218 g/mol. The molecule has 0 aromatic heterocycles. The number of rotatable bonds is 4. The standard InChI is InChI=1S/C13H18N2O/c16-13(12-7-4-9-14-12)15-10-8-11-5-2-1-3-6-11/h1-3,5-6,12,14H,4,7-10H2,(H,15,16)/t12-/m1/s1. The third kappa shape index (κ3) is 3.07. The van der Waals surface area contributed by atoms with E-state index in [1.807, 2.05) is 18.2 Å². The fourth-order valence-electron chi connectivity index (χ4n) is 2.01. The van der Waals surface area contributed by atoms with Crippen molar-refractivity contribution in [2.24, 2.45) is 0 Å². The summed E-state index contributed by atoms with van der Waals surface area (Å²) in [5, 5.41) is 6.16. The summed E-state index contributed by atoms with van der Waals surface area (Å²) < 4.78 is 0. The minimum atomic E-state index is 0.0378. The molecule has 0 spiro atoms. The van der Waals surface area contributed by atoms with Crippen LogP contribution in [-0.2, 0) is 11.2 Å². The molecule has 86 valence electrons. The molecule has 2 N–H and O–H groups in total. The van der Waals surface area contributed by atoms with E-state index < -0.39 is 0 Å². The van der Waals surface area contributed by atoms with Gasteiger partial charge in [-0.25, -0.2) is 0 Å². The lowest BCUT2D eigenvalue weighted by atomic mass is 10.1. The van der Waals surface area contributed by atoms with Crippen molar-refractivity contribution in [2.75, 3.05) is 13.1 Å². The summed E-state index contributed by atoms with van der Waals surface area (Å²) in [4.78, 5) is 11.7. The van der Waals surface area contributed by atoms with E-state index >= 15 is 0 Å². The summed E-state index contributed by atoms with van der Waals surface area (Å²) in [5.74, 6) is 0.147. The van der Waals surface area contributed by atoms with E-state index in [0.29, 0.717) is 0 Å². The van der Waals surface area contributed by atoms with Gasteiger partial charge in [0.2, 0.25) is 5.91 Å². The fourth-order valence-corrected chi connectivity index (χ4v) is 2.01. The smallest absolute Gasteiger partial charge is 0.237 e. The zero-order valence-electron chi connectivity index (χ0n) is 9.41. The van der Waals surface area contributed by atoms with Gasteiger partial charge in [-0.05, 0) is 31.4 Å². The molecule has 1 fully saturated rings. The Morgan fingerprint density at radius 1 is 1.38 bits per heavy atom. The highest BCUT2D eigenvalue weighted by atomic mass is 16.2. The van der Waals surface area contributed by atoms with Gasteiger partial charge in [0, 0.05) is 6.54 Å². The molecule has 0 saturated carbocycles. The largest absolute Gasteiger partial charge is 0.354 e. The van der Waals surface area contributed by atoms with Gasteiger partial charge >= 0.3 is 0 Å². The molecule has 1 aromatic carbocycles. The van der Waals surface area contributed by atoms with Crippen LogP contribution in [0.15, 0.2) is 30.3 Å². The maximum Gasteiger partial charge on any atom is 0.237 e. The fraction of sp³-hybridized carbons (Fsp3) is 0.462. The van der Waals surface area contributed by atoms with E-state index in [9.17, 15) is 4.79 Å². The lowest BCUT2D eigenvalue weighted by molar-refractivity contribution is -0.122. The van der Waals surface area contributed by atoms with Crippen LogP contribution in [0.1, 0.15) is 18.4 Å². The Hall–Kier alpha value is -1.35. The van der Waals surface area contributed by atoms with Gasteiger partial charge in [0.1, 0.15) is 0 Å². The molecule has 1 atom stereocenters. The molecule has 1 saturated heterocycles. The molecule has 0 bridgehead atoms. The second-order valence-corrected chi connectivity index (χ2v) is 4.18. The Morgan fingerprint density at radius 2 is 2.19 bits per heavy atom. The van der Waals surface area contributed by atoms with Crippen LogP contribution in [0.2, 0.25) is 0 Å². The second kappa shape index (κ2) is 5.66. The quantitative estimate of drug-likeness (QED) is 0.794. The minimum Gasteiger partial charge on any atom is -0.354 e. The lowest BCUT2D eigenvalue weighted by Gasteiger charge is -2.10. The summed E-state index contributed by atoms with van der Waals surface area (Å²) in [7, 11) is 0. The Bertz CT molecular complexity index is 331. The van der Waals surface area contributed by atoms with Gasteiger partial charge in [-0.3, -0.25) is 4.79 Å². The number of hydrogen-bond acceptors (Lipinski definition) is 2. The van der Waals surface area contributed by atoms with E-state index in [0.717, 1.165) is 32.4 Å². The molecule has 0 radical (unpaired) electrons. The molecule has 1 aromatic rings. The van der Waals surface area contributed by atoms with Gasteiger partial charge < -0.3 is 10.6 Å². The SMILES string of the molecule is O=C(NCCc1ccccc1)[C@H]1CCCN1. The molecule has 1 amide bonds. The first-order chi connectivity index (χ1) is 7.86. The van der Waals surface area contributed by atoms with Crippen LogP contribution in [0.5, 0.6) is 0 Å². The minimum absolute atomic E-state index is 0.0378. The summed E-state index contributed by atoms with van der Waals surface area (Å²) in [6.45, 7) is 1.69. The Morgan fingerprint density at radius 3 is 2.88 bits per heavy atom. The molecule has 0 unspecified atom stereocenters. The van der Waals surface area contributed by atoms with Gasteiger partial charge in [-0.1, -0.05) is 30.3 Å². The topological polar surface area (TPSA) is 41.1 Å². The molecule has 1 aliphatic heterocycles. The molecule has 2 rings (SSSR count). The van der Waals surface area contributed by atoms with Gasteiger partial charge in [-0.2, -0.15) is 0 Å². The molecule has 16 heavy (non-hydrogen) atoms. The monoisotopic (exact) mass is 218 g/mol. The second-order valence-electron chi connectivity index (χ2n) is 4.18. The third-order valence-electron chi connectivity index (χ3n) is 2.93. The van der Waals surface area contributed by atoms with Crippen molar-refractivity contribution < 1.29 is 4.79 Å². The molecule has 3 heteroatoms. The zero-order valence-corrected chi connectivity index (χ0v) is 9.41. The van der Waals surface area contributed by atoms with Crippen LogP contribution < -0.4 is 10.6 Å². The lowest BCUT2D eigenvalue weighted by Crippen LogP contribution is -2.41. The van der Waals surface area contributed by atoms with Gasteiger partial charge in [-0.15, -0.1) is 0 Å². The van der Waals surface area contributed by atoms with Crippen LogP contribution in [0.4, 0.5) is 0 Å². The number of benzene rings is 1. The Kier molecular flexibility index (Phi) is 3.94. The molecule has 3 nitrogen and oxygen atoms in total. The highest BCUT2D eigenvalue weighted by Crippen LogP contribution is 2.04. The van der Waals surface area contributed by atoms with Crippen LogP contribution in [0, 0.1) is 0 Å². The summed E-state index contributed by atoms with van der Waals surface area (Å²) in [6, 6.07) is 10.3. The number of nitrogens with one attached hydrogen (secondary N) is 2. The van der Waals surface area contributed by atoms with E-state index in [1.165, 1.54) is 5.56 Å². The van der Waals surface area contributed by atoms with E-state index in [2.05, 4.69) is 22.8 Å². The summed E-state index contributed by atoms with van der Waals surface area (Å²) in [6.07, 6.45) is 2.98. The van der Waals surface area contributed by atoms with Crippen molar-refractivity contribution in [1.29, 1.82) is 0 Å². The van der Waals surface area contributed by atoms with Crippen LogP contribution in [0.25, 0.3) is 0 Å². The summed E-state index contributed by atoms with van der Waals surface area (Å²) >= 11 is 0. The van der Waals surface area contributed by atoms with Gasteiger partial charge in [0.15, 0.2) is 0 Å². The highest BCUT2D eigenvalue weighted by molar-refractivity contribution is 5.81. The molecule has 1 aliphatic rings. The van der Waals surface area contributed by atoms with E-state index in [-0.39, 0.29) is 11.9 Å². The first kappa shape index (κ1) is 11.1. The Balaban J connectivity index is 1.70. The molecular weight excluding hydrogens is 200 g/mol. The Labute approximate surface area is 96.2 Å². The van der Waals surface area contributed by atoms with E-state index in [1.54, 1.807) is 0 Å². The van der Waals surface area contributed by atoms with Crippen LogP contribution >= 0.6 is 0 Å². The van der Waals surface area contributed by atoms with Gasteiger partial charge in [0.25, 0.3) is 0 Å². The van der Waals surface area contributed by atoms with Gasteiger partial charge in [0.05, 0.1) is 6.04 Å². The number of hydrogen-bond donors (Lipinski definition) is 2. The summed E-state index contributed by atoms with van der Waals surface area (Å²) in [5.41, 5.74) is 1.27. The zero-order chi connectivity index (χ0) is 11.2. The van der Waals surface area contributed by atoms with Crippen molar-refractivity contribution in [3.8, 4) is 0 Å². The maximum absolute atomic E-state index is 11.7. The number of carbonyl (C=O) groups excluding carboxylic acids is 1. The predicted molar refractivity (Wildman–Crippen MR) is 64.2 cm³/mol. The number of carbonyl (C=O) groups is 1. The normalized spacial score (nSPS) is 19.6. The third-order valence-corrected chi connectivity index (χ3v) is 2.93. The predicted octanol–water partition coefficient (Wildman–Crippen LogP) is 1.10. The average Bonchev–Trinajstić information content (AvgIpc) is 2.84. The molecule has 0 aliphatic carbocycles. The van der Waals surface area contributed by atoms with Crippen molar-refractivity contribution in [1.82, 2.24) is 10.6 Å². The first-order valence-electron chi connectivity index (χ1n) is 5.91. The van der Waals surface area contributed by atoms with Crippen molar-refractivity contribution >= 4 is 5.91 Å². The maximum atomic E-state index is 11.7. The highest BCUT2D eigenvalue weighted by Gasteiger charge is 2.20. The molecular formula is C13H18N2O. The van der Waals surface area contributed by atoms with Crippen LogP contribution in [-0.4, -0.2) is 25.0 Å². The number of amides is 1. The molecule has 1 heterocycles. The van der Waals surface area contributed by atoms with Crippen molar-refractivity contribution in [3.05, 3.63) is 35.9 Å². The van der Waals surface area contributed by atoms with E-state index in [4.69, 9.17) is 0 Å². The van der Waals surface area contributed by atoms with Crippen LogP contribution in [0.3, 0.4) is 0 Å². The van der Waals surface area contributed by atoms with Crippen molar-refractivity contribution in [2.45, 2.75) is 25.3 Å². The first-order valence-corrected chi connectivity index (χ1v) is 5.91. The van der Waals surface area contributed by atoms with Crippen molar-refractivity contribution in [3.63, 3.8) is 0 Å².